The number of methoxy groups -OCH3 is 2. The van der Waals surface area contributed by atoms with E-state index in [-0.39, 0.29) is 0 Å². The van der Waals surface area contributed by atoms with E-state index < -0.39 is 0 Å². The molecule has 0 aromatic heterocycles. The number of rotatable bonds is 4. The number of hydrogen-bond acceptors (Lipinski definition) is 3. The Morgan fingerprint density at radius 1 is 0.750 bits per heavy atom. The highest BCUT2D eigenvalue weighted by Crippen LogP contribution is 2.37. The van der Waals surface area contributed by atoms with Crippen LogP contribution in [0.25, 0.3) is 11.1 Å². The normalized spacial score (nSPS) is 14.2. The van der Waals surface area contributed by atoms with E-state index in [1.807, 2.05) is 18.2 Å². The fourth-order valence-electron chi connectivity index (χ4n) is 5.16. The first kappa shape index (κ1) is 22.6. The van der Waals surface area contributed by atoms with Crippen LogP contribution in [0.5, 0.6) is 11.5 Å². The molecule has 0 aliphatic carbocycles. The van der Waals surface area contributed by atoms with Crippen LogP contribution in [0.15, 0.2) is 89.9 Å². The van der Waals surface area contributed by atoms with Crippen molar-refractivity contribution in [3.63, 3.8) is 0 Å². The van der Waals surface area contributed by atoms with Crippen molar-refractivity contribution >= 4 is 28.7 Å². The largest absolute Gasteiger partial charge is 0.493 e. The molecule has 0 saturated heterocycles. The summed E-state index contributed by atoms with van der Waals surface area (Å²) in [7, 11) is 3.36. The van der Waals surface area contributed by atoms with Crippen LogP contribution in [-0.4, -0.2) is 43.3 Å². The van der Waals surface area contributed by atoms with Gasteiger partial charge in [-0.15, -0.1) is 0 Å². The van der Waals surface area contributed by atoms with Gasteiger partial charge in [0.2, 0.25) is 5.71 Å². The number of halogens is 1. The Kier molecular flexibility index (Phi) is 5.82. The van der Waals surface area contributed by atoms with Gasteiger partial charge in [-0.2, -0.15) is 0 Å². The smallest absolute Gasteiger partial charge is 0.217 e. The third-order valence-electron chi connectivity index (χ3n) is 6.97. The number of aliphatic imine (C=N–C) groups is 1. The molecule has 0 bridgehead atoms. The highest BCUT2D eigenvalue weighted by Gasteiger charge is 2.33. The molecule has 0 spiro atoms. The minimum absolute atomic E-state index is 0.675. The van der Waals surface area contributed by atoms with E-state index >= 15 is 0 Å². The molecule has 0 atom stereocenters. The van der Waals surface area contributed by atoms with Gasteiger partial charge in [-0.25, -0.2) is 9.57 Å². The van der Waals surface area contributed by atoms with Crippen molar-refractivity contribution in [1.82, 2.24) is 0 Å². The SMILES string of the molecule is COc1cc2c(cc1OC)C1=[N+](CC2)CC(c2ccc(-c3ccccc3)cc2)=Nc2cc(Cl)ccc21. The summed E-state index contributed by atoms with van der Waals surface area (Å²) in [6, 6.07) is 29.3. The summed E-state index contributed by atoms with van der Waals surface area (Å²) >= 11 is 6.45. The van der Waals surface area contributed by atoms with Crippen molar-refractivity contribution in [2.75, 3.05) is 27.3 Å². The van der Waals surface area contributed by atoms with Crippen LogP contribution in [0.1, 0.15) is 22.3 Å². The van der Waals surface area contributed by atoms with Crippen molar-refractivity contribution < 1.29 is 14.0 Å². The molecule has 5 heteroatoms. The van der Waals surface area contributed by atoms with E-state index in [0.717, 1.165) is 58.3 Å². The zero-order valence-electron chi connectivity index (χ0n) is 20.3. The van der Waals surface area contributed by atoms with E-state index in [1.165, 1.54) is 16.7 Å². The summed E-state index contributed by atoms with van der Waals surface area (Å²) in [6.45, 7) is 1.60. The Bertz CT molecular complexity index is 1520. The topological polar surface area (TPSA) is 33.8 Å². The van der Waals surface area contributed by atoms with Gasteiger partial charge in [0, 0.05) is 17.0 Å². The lowest BCUT2D eigenvalue weighted by Crippen LogP contribution is -2.33. The lowest BCUT2D eigenvalue weighted by atomic mass is 9.91. The summed E-state index contributed by atoms with van der Waals surface area (Å²) in [4.78, 5) is 5.16. The molecule has 0 N–H and O–H groups in total. The van der Waals surface area contributed by atoms with Crippen molar-refractivity contribution in [1.29, 1.82) is 0 Å². The summed E-state index contributed by atoms with van der Waals surface area (Å²) in [5.74, 6) is 1.48. The molecular weight excluding hydrogens is 468 g/mol. The number of nitrogens with zero attached hydrogens (tertiary/aromatic N) is 2. The molecule has 178 valence electrons. The standard InChI is InChI=1S/C31H26ClN2O2/c1-35-29-16-23-14-15-34-19-28(22-10-8-21(9-11-22)20-6-4-3-5-7-20)33-27-17-24(32)12-13-25(27)31(34)26(23)18-30(29)36-2/h3-13,16-18H,14-15,19H2,1-2H3/q+1. The van der Waals surface area contributed by atoms with Crippen molar-refractivity contribution in [2.45, 2.75) is 6.42 Å². The van der Waals surface area contributed by atoms with Gasteiger partial charge >= 0.3 is 0 Å². The first-order valence-corrected chi connectivity index (χ1v) is 12.4. The first-order chi connectivity index (χ1) is 17.6. The van der Waals surface area contributed by atoms with Crippen molar-refractivity contribution in [3.05, 3.63) is 112 Å². The van der Waals surface area contributed by atoms with Gasteiger partial charge in [-0.3, -0.25) is 0 Å². The summed E-state index contributed by atoms with van der Waals surface area (Å²) in [6.07, 6.45) is 0.919. The zero-order chi connectivity index (χ0) is 24.6. The van der Waals surface area contributed by atoms with Crippen molar-refractivity contribution in [2.24, 2.45) is 4.99 Å². The summed E-state index contributed by atoms with van der Waals surface area (Å²) in [5.41, 5.74) is 10.0. The third kappa shape index (κ3) is 3.98. The van der Waals surface area contributed by atoms with Crippen LogP contribution in [0.4, 0.5) is 5.69 Å². The Balaban J connectivity index is 1.48. The molecule has 36 heavy (non-hydrogen) atoms. The maximum absolute atomic E-state index is 6.45. The molecule has 4 aromatic rings. The lowest BCUT2D eigenvalue weighted by Gasteiger charge is -2.20. The van der Waals surface area contributed by atoms with E-state index in [9.17, 15) is 0 Å². The molecule has 0 fully saturated rings. The minimum Gasteiger partial charge on any atom is -0.493 e. The van der Waals surface area contributed by atoms with Crippen LogP contribution < -0.4 is 9.47 Å². The fraction of sp³-hybridized carbons (Fsp3) is 0.161. The second kappa shape index (κ2) is 9.29. The maximum Gasteiger partial charge on any atom is 0.217 e. The van der Waals surface area contributed by atoms with E-state index in [0.29, 0.717) is 11.6 Å². The molecule has 4 nitrogen and oxygen atoms in total. The van der Waals surface area contributed by atoms with E-state index in [2.05, 4.69) is 71.3 Å². The quantitative estimate of drug-likeness (QED) is 0.301. The average Bonchev–Trinajstić information content (AvgIpc) is 3.09. The van der Waals surface area contributed by atoms with Gasteiger partial charge in [0.05, 0.1) is 31.0 Å². The lowest BCUT2D eigenvalue weighted by molar-refractivity contribution is -0.512. The number of hydrogen-bond donors (Lipinski definition) is 0. The number of ether oxygens (including phenoxy) is 2. The second-order valence-corrected chi connectivity index (χ2v) is 9.48. The Morgan fingerprint density at radius 2 is 1.44 bits per heavy atom. The molecule has 2 aliphatic heterocycles. The van der Waals surface area contributed by atoms with E-state index in [1.54, 1.807) is 14.2 Å². The molecule has 0 amide bonds. The van der Waals surface area contributed by atoms with Crippen LogP contribution in [-0.2, 0) is 6.42 Å². The van der Waals surface area contributed by atoms with Crippen LogP contribution >= 0.6 is 11.6 Å². The average molecular weight is 494 g/mol. The molecule has 4 aromatic carbocycles. The maximum atomic E-state index is 6.45. The van der Waals surface area contributed by atoms with Gasteiger partial charge in [-0.05, 0) is 47.0 Å². The Morgan fingerprint density at radius 3 is 2.19 bits per heavy atom. The molecule has 2 aliphatic rings. The van der Waals surface area contributed by atoms with Gasteiger partial charge in [0.25, 0.3) is 0 Å². The Labute approximate surface area is 216 Å². The number of benzene rings is 4. The van der Waals surface area contributed by atoms with Gasteiger partial charge in [-0.1, -0.05) is 66.2 Å². The van der Waals surface area contributed by atoms with Crippen molar-refractivity contribution in [3.8, 4) is 22.6 Å². The van der Waals surface area contributed by atoms with Crippen LogP contribution in [0.3, 0.4) is 0 Å². The summed E-state index contributed by atoms with van der Waals surface area (Å²) < 4.78 is 13.7. The molecule has 0 unspecified atom stereocenters. The first-order valence-electron chi connectivity index (χ1n) is 12.0. The Hall–Kier alpha value is -3.89. The molecule has 0 saturated carbocycles. The predicted molar refractivity (Wildman–Crippen MR) is 146 cm³/mol. The van der Waals surface area contributed by atoms with Crippen LogP contribution in [0.2, 0.25) is 5.02 Å². The number of fused-ring (bicyclic) bond motifs is 4. The fourth-order valence-corrected chi connectivity index (χ4v) is 5.33. The molecule has 2 heterocycles. The molecule has 0 radical (unpaired) electrons. The monoisotopic (exact) mass is 493 g/mol. The van der Waals surface area contributed by atoms with Gasteiger partial charge in [0.1, 0.15) is 12.3 Å². The van der Waals surface area contributed by atoms with E-state index in [4.69, 9.17) is 26.1 Å². The molecular formula is C31H26ClN2O2+. The van der Waals surface area contributed by atoms with Crippen LogP contribution in [0, 0.1) is 0 Å². The van der Waals surface area contributed by atoms with Gasteiger partial charge in [0.15, 0.2) is 18.0 Å². The molecule has 6 rings (SSSR count). The van der Waals surface area contributed by atoms with Gasteiger partial charge < -0.3 is 9.47 Å². The predicted octanol–water partition coefficient (Wildman–Crippen LogP) is 6.56. The summed E-state index contributed by atoms with van der Waals surface area (Å²) in [5, 5.41) is 0.675. The second-order valence-electron chi connectivity index (χ2n) is 9.05. The minimum atomic E-state index is 0.675. The third-order valence-corrected chi connectivity index (χ3v) is 7.20. The highest BCUT2D eigenvalue weighted by molar-refractivity contribution is 6.31. The highest BCUT2D eigenvalue weighted by atomic mass is 35.5. The zero-order valence-corrected chi connectivity index (χ0v) is 21.0.